The number of aromatic nitrogens is 2. The van der Waals surface area contributed by atoms with Gasteiger partial charge in [-0.3, -0.25) is 0 Å². The standard InChI is InChI=1S/C19H24F3N5O2/c1-13-12-24-18(26-17(13)23)25-14-5-6-15(29-19(20,21)22)16(11-14)28-10-4-9-27-7-2-3-8-27/h5-6,11-12H,2-4,7-10H2,1H3,(H3,23,24,25,26). The number of aryl methyl sites for hydroxylation is 1. The number of alkyl halides is 3. The maximum absolute atomic E-state index is 12.7. The summed E-state index contributed by atoms with van der Waals surface area (Å²) in [6.45, 7) is 5.02. The second kappa shape index (κ2) is 9.17. The summed E-state index contributed by atoms with van der Waals surface area (Å²) in [6, 6.07) is 4.05. The zero-order valence-corrected chi connectivity index (χ0v) is 16.1. The molecule has 1 aromatic heterocycles. The van der Waals surface area contributed by atoms with Gasteiger partial charge in [-0.2, -0.15) is 4.98 Å². The van der Waals surface area contributed by atoms with Crippen molar-refractivity contribution >= 4 is 17.5 Å². The van der Waals surface area contributed by atoms with Crippen LogP contribution in [0.2, 0.25) is 0 Å². The van der Waals surface area contributed by atoms with Crippen LogP contribution in [0.5, 0.6) is 11.5 Å². The van der Waals surface area contributed by atoms with Gasteiger partial charge in [-0.1, -0.05) is 0 Å². The largest absolute Gasteiger partial charge is 0.573 e. The van der Waals surface area contributed by atoms with Crippen molar-refractivity contribution in [3.05, 3.63) is 30.0 Å². The number of nitrogens with zero attached hydrogens (tertiary/aromatic N) is 3. The van der Waals surface area contributed by atoms with E-state index in [1.807, 2.05) is 0 Å². The average Bonchev–Trinajstić information content (AvgIpc) is 3.16. The molecule has 0 aliphatic carbocycles. The van der Waals surface area contributed by atoms with Gasteiger partial charge in [-0.25, -0.2) is 4.98 Å². The number of ether oxygens (including phenoxy) is 2. The monoisotopic (exact) mass is 411 g/mol. The van der Waals surface area contributed by atoms with E-state index in [1.54, 1.807) is 13.1 Å². The van der Waals surface area contributed by atoms with Crippen molar-refractivity contribution in [2.45, 2.75) is 32.5 Å². The molecule has 0 unspecified atom stereocenters. The highest BCUT2D eigenvalue weighted by molar-refractivity contribution is 5.60. The predicted molar refractivity (Wildman–Crippen MR) is 103 cm³/mol. The van der Waals surface area contributed by atoms with Gasteiger partial charge in [0.1, 0.15) is 5.82 Å². The number of hydrogen-bond donors (Lipinski definition) is 2. The number of benzene rings is 1. The molecule has 7 nitrogen and oxygen atoms in total. The van der Waals surface area contributed by atoms with E-state index in [1.165, 1.54) is 31.0 Å². The molecule has 1 aliphatic rings. The zero-order chi connectivity index (χ0) is 20.9. The highest BCUT2D eigenvalue weighted by Gasteiger charge is 2.32. The first-order valence-electron chi connectivity index (χ1n) is 9.41. The van der Waals surface area contributed by atoms with E-state index in [-0.39, 0.29) is 18.3 Å². The lowest BCUT2D eigenvalue weighted by atomic mass is 10.2. The Morgan fingerprint density at radius 1 is 1.21 bits per heavy atom. The molecule has 10 heteroatoms. The van der Waals surface area contributed by atoms with Crippen LogP contribution in [-0.4, -0.2) is 47.5 Å². The minimum Gasteiger partial charge on any atom is -0.490 e. The summed E-state index contributed by atoms with van der Waals surface area (Å²) in [5, 5.41) is 2.91. The van der Waals surface area contributed by atoms with Gasteiger partial charge in [-0.05, 0) is 51.4 Å². The Kier molecular flexibility index (Phi) is 6.63. The molecule has 0 radical (unpaired) electrons. The molecule has 1 aromatic carbocycles. The van der Waals surface area contributed by atoms with Crippen LogP contribution in [-0.2, 0) is 0 Å². The molecule has 0 amide bonds. The molecule has 29 heavy (non-hydrogen) atoms. The number of anilines is 3. The Morgan fingerprint density at radius 3 is 2.66 bits per heavy atom. The molecule has 2 heterocycles. The van der Waals surface area contributed by atoms with E-state index in [4.69, 9.17) is 10.5 Å². The van der Waals surface area contributed by atoms with Crippen molar-refractivity contribution in [1.82, 2.24) is 14.9 Å². The first kappa shape index (κ1) is 21.0. The van der Waals surface area contributed by atoms with Crippen LogP contribution in [0.3, 0.4) is 0 Å². The fraction of sp³-hybridized carbons (Fsp3) is 0.474. The van der Waals surface area contributed by atoms with Gasteiger partial charge < -0.3 is 25.4 Å². The minimum atomic E-state index is -4.81. The van der Waals surface area contributed by atoms with Crippen molar-refractivity contribution in [3.8, 4) is 11.5 Å². The van der Waals surface area contributed by atoms with Gasteiger partial charge in [0.25, 0.3) is 0 Å². The van der Waals surface area contributed by atoms with E-state index in [0.29, 0.717) is 17.9 Å². The van der Waals surface area contributed by atoms with Crippen LogP contribution >= 0.6 is 0 Å². The average molecular weight is 411 g/mol. The van der Waals surface area contributed by atoms with E-state index in [9.17, 15) is 13.2 Å². The fourth-order valence-electron chi connectivity index (χ4n) is 3.03. The summed E-state index contributed by atoms with van der Waals surface area (Å²) in [4.78, 5) is 10.5. The molecule has 3 rings (SSSR count). The maximum Gasteiger partial charge on any atom is 0.573 e. The second-order valence-corrected chi connectivity index (χ2v) is 6.85. The molecular formula is C19H24F3N5O2. The van der Waals surface area contributed by atoms with Crippen LogP contribution in [0, 0.1) is 6.92 Å². The van der Waals surface area contributed by atoms with Crippen LogP contribution < -0.4 is 20.5 Å². The summed E-state index contributed by atoms with van der Waals surface area (Å²) in [5.74, 6) is 0.151. The molecule has 0 atom stereocenters. The van der Waals surface area contributed by atoms with Gasteiger partial charge in [-0.15, -0.1) is 13.2 Å². The Morgan fingerprint density at radius 2 is 1.97 bits per heavy atom. The Hall–Kier alpha value is -2.75. The third-order valence-corrected chi connectivity index (χ3v) is 4.51. The minimum absolute atomic E-state index is 0.00571. The molecule has 158 valence electrons. The molecular weight excluding hydrogens is 387 g/mol. The fourth-order valence-corrected chi connectivity index (χ4v) is 3.03. The number of halogens is 3. The van der Waals surface area contributed by atoms with E-state index < -0.39 is 12.1 Å². The normalized spacial score (nSPS) is 14.8. The molecule has 0 spiro atoms. The topological polar surface area (TPSA) is 85.5 Å². The molecule has 0 bridgehead atoms. The summed E-state index contributed by atoms with van der Waals surface area (Å²) in [6.07, 6.45) is -0.174. The van der Waals surface area contributed by atoms with Crippen molar-refractivity contribution in [2.24, 2.45) is 0 Å². The summed E-state index contributed by atoms with van der Waals surface area (Å²) < 4.78 is 47.8. The number of likely N-dealkylation sites (tertiary alicyclic amines) is 1. The van der Waals surface area contributed by atoms with Gasteiger partial charge in [0, 0.05) is 30.1 Å². The van der Waals surface area contributed by atoms with Crippen LogP contribution in [0.15, 0.2) is 24.4 Å². The highest BCUT2D eigenvalue weighted by atomic mass is 19.4. The number of nitrogen functional groups attached to an aromatic ring is 1. The van der Waals surface area contributed by atoms with Crippen molar-refractivity contribution in [1.29, 1.82) is 0 Å². The van der Waals surface area contributed by atoms with Crippen LogP contribution in [0.4, 0.5) is 30.6 Å². The maximum atomic E-state index is 12.7. The number of rotatable bonds is 8. The van der Waals surface area contributed by atoms with E-state index >= 15 is 0 Å². The van der Waals surface area contributed by atoms with Gasteiger partial charge in [0.05, 0.1) is 6.61 Å². The first-order chi connectivity index (χ1) is 13.8. The second-order valence-electron chi connectivity index (χ2n) is 6.85. The Labute approximate surface area is 167 Å². The molecule has 1 saturated heterocycles. The van der Waals surface area contributed by atoms with E-state index in [0.717, 1.165) is 25.2 Å². The van der Waals surface area contributed by atoms with Crippen LogP contribution in [0.25, 0.3) is 0 Å². The van der Waals surface area contributed by atoms with Gasteiger partial charge >= 0.3 is 6.36 Å². The van der Waals surface area contributed by atoms with Gasteiger partial charge in [0.2, 0.25) is 5.95 Å². The summed E-state index contributed by atoms with van der Waals surface area (Å²) in [7, 11) is 0. The molecule has 1 fully saturated rings. The summed E-state index contributed by atoms with van der Waals surface area (Å²) >= 11 is 0. The van der Waals surface area contributed by atoms with E-state index in [2.05, 4.69) is 24.9 Å². The van der Waals surface area contributed by atoms with Crippen molar-refractivity contribution in [2.75, 3.05) is 37.3 Å². The molecule has 1 aliphatic heterocycles. The number of hydrogen-bond acceptors (Lipinski definition) is 7. The predicted octanol–water partition coefficient (Wildman–Crippen LogP) is 3.87. The zero-order valence-electron chi connectivity index (χ0n) is 16.1. The molecule has 0 saturated carbocycles. The number of nitrogens with two attached hydrogens (primary N) is 1. The molecule has 3 N–H and O–H groups in total. The highest BCUT2D eigenvalue weighted by Crippen LogP contribution is 2.35. The lowest BCUT2D eigenvalue weighted by Gasteiger charge is -2.17. The lowest BCUT2D eigenvalue weighted by molar-refractivity contribution is -0.275. The van der Waals surface area contributed by atoms with Gasteiger partial charge in [0.15, 0.2) is 11.5 Å². The SMILES string of the molecule is Cc1cnc(Nc2ccc(OC(F)(F)F)c(OCCCN3CCCC3)c2)nc1N. The quantitative estimate of drug-likeness (QED) is 0.638. The van der Waals surface area contributed by atoms with Crippen molar-refractivity contribution in [3.63, 3.8) is 0 Å². The Bertz CT molecular complexity index is 826. The lowest BCUT2D eigenvalue weighted by Crippen LogP contribution is -2.22. The molecule has 2 aromatic rings. The third kappa shape index (κ3) is 6.38. The number of nitrogens with one attached hydrogen (secondary N) is 1. The van der Waals surface area contributed by atoms with Crippen molar-refractivity contribution < 1.29 is 22.6 Å². The third-order valence-electron chi connectivity index (χ3n) is 4.51. The Balaban J connectivity index is 1.69. The first-order valence-corrected chi connectivity index (χ1v) is 9.41. The summed E-state index contributed by atoms with van der Waals surface area (Å²) in [5.41, 5.74) is 6.95. The van der Waals surface area contributed by atoms with Crippen LogP contribution in [0.1, 0.15) is 24.8 Å². The smallest absolute Gasteiger partial charge is 0.490 e.